The van der Waals surface area contributed by atoms with Crippen molar-refractivity contribution in [1.82, 2.24) is 14.9 Å². The number of nitrogens with zero attached hydrogens (tertiary/aromatic N) is 4. The molecule has 178 valence electrons. The summed E-state index contributed by atoms with van der Waals surface area (Å²) in [5.41, 5.74) is -0.450. The Bertz CT molecular complexity index is 1240. The van der Waals surface area contributed by atoms with Crippen LogP contribution >= 0.6 is 15.9 Å². The van der Waals surface area contributed by atoms with Gasteiger partial charge in [0.25, 0.3) is 0 Å². The average Bonchev–Trinajstić information content (AvgIpc) is 2.79. The molecule has 9 nitrogen and oxygen atoms in total. The van der Waals surface area contributed by atoms with Gasteiger partial charge in [-0.05, 0) is 30.9 Å². The largest absolute Gasteiger partial charge is 0.486 e. The summed E-state index contributed by atoms with van der Waals surface area (Å²) >= 11 is 3.02. The molecular formula is C22H20BrF2N5O4. The summed E-state index contributed by atoms with van der Waals surface area (Å²) in [5, 5.41) is 14.5. The highest BCUT2D eigenvalue weighted by molar-refractivity contribution is 9.10. The molecule has 4 rings (SSSR count). The van der Waals surface area contributed by atoms with Gasteiger partial charge in [-0.2, -0.15) is 0 Å². The van der Waals surface area contributed by atoms with Crippen LogP contribution in [-0.2, 0) is 4.79 Å². The number of nitrogens with one attached hydrogen (secondary N) is 1. The first-order valence-corrected chi connectivity index (χ1v) is 11.2. The Morgan fingerprint density at radius 1 is 1.24 bits per heavy atom. The van der Waals surface area contributed by atoms with E-state index in [4.69, 9.17) is 4.74 Å². The summed E-state index contributed by atoms with van der Waals surface area (Å²) in [4.78, 5) is 32.5. The van der Waals surface area contributed by atoms with Crippen LogP contribution in [0.5, 0.6) is 5.75 Å². The number of anilines is 2. The van der Waals surface area contributed by atoms with Crippen molar-refractivity contribution in [3.8, 4) is 5.75 Å². The van der Waals surface area contributed by atoms with Crippen LogP contribution < -0.4 is 10.1 Å². The van der Waals surface area contributed by atoms with Crippen molar-refractivity contribution in [2.24, 2.45) is 5.92 Å². The van der Waals surface area contributed by atoms with Gasteiger partial charge < -0.3 is 15.0 Å². The zero-order chi connectivity index (χ0) is 24.4. The maximum absolute atomic E-state index is 14.3. The molecule has 1 N–H and O–H groups in total. The molecule has 2 heterocycles. The fourth-order valence-corrected chi connectivity index (χ4v) is 4.23. The van der Waals surface area contributed by atoms with Gasteiger partial charge in [-0.3, -0.25) is 14.9 Å². The molecular weight excluding hydrogens is 516 g/mol. The normalized spacial score (nSPS) is 14.3. The highest BCUT2D eigenvalue weighted by Crippen LogP contribution is 2.36. The van der Waals surface area contributed by atoms with Gasteiger partial charge in [0.15, 0.2) is 17.4 Å². The number of aromatic nitrogens is 2. The van der Waals surface area contributed by atoms with Gasteiger partial charge in [0, 0.05) is 36.6 Å². The number of nitro benzene ring substituents is 1. The number of carbonyl (C=O) groups excluding carboxylic acids is 1. The SMILES string of the molecule is CC(=O)N1CCC(COc2cc3ncnc(Nc4c(F)cc(Br)cc4F)c3cc2[N+](=O)[O-])CC1. The highest BCUT2D eigenvalue weighted by atomic mass is 79.9. The molecule has 0 spiro atoms. The first-order chi connectivity index (χ1) is 16.2. The third-order valence-corrected chi connectivity index (χ3v) is 6.16. The van der Waals surface area contributed by atoms with Gasteiger partial charge in [0.05, 0.1) is 22.4 Å². The number of hydrogen-bond acceptors (Lipinski definition) is 7. The number of piperidine rings is 1. The standard InChI is InChI=1S/C22H20BrF2N5O4/c1-12(31)29-4-2-13(3-5-29)10-34-20-9-18-15(8-19(20)30(32)33)22(27-11-26-18)28-21-16(24)6-14(23)7-17(21)25/h6-9,11,13H,2-5,10H2,1H3,(H,26,27,28). The van der Waals surface area contributed by atoms with E-state index in [0.717, 1.165) is 25.0 Å². The Kier molecular flexibility index (Phi) is 6.87. The molecule has 3 aromatic rings. The highest BCUT2D eigenvalue weighted by Gasteiger charge is 2.24. The zero-order valence-electron chi connectivity index (χ0n) is 18.1. The lowest BCUT2D eigenvalue weighted by Crippen LogP contribution is -2.38. The van der Waals surface area contributed by atoms with Crippen LogP contribution in [0.1, 0.15) is 19.8 Å². The Morgan fingerprint density at radius 3 is 2.53 bits per heavy atom. The van der Waals surface area contributed by atoms with Gasteiger partial charge in [-0.1, -0.05) is 15.9 Å². The first kappa shape index (κ1) is 23.7. The predicted molar refractivity (Wildman–Crippen MR) is 124 cm³/mol. The summed E-state index contributed by atoms with van der Waals surface area (Å²) in [5.74, 6) is -1.49. The van der Waals surface area contributed by atoms with Crippen molar-refractivity contribution < 1.29 is 23.2 Å². The van der Waals surface area contributed by atoms with E-state index < -0.39 is 22.2 Å². The second kappa shape index (κ2) is 9.84. The van der Waals surface area contributed by atoms with Crippen LogP contribution in [0.4, 0.5) is 26.0 Å². The summed E-state index contributed by atoms with van der Waals surface area (Å²) in [6.07, 6.45) is 2.66. The van der Waals surface area contributed by atoms with Gasteiger partial charge >= 0.3 is 5.69 Å². The minimum Gasteiger partial charge on any atom is -0.486 e. The van der Waals surface area contributed by atoms with E-state index >= 15 is 0 Å². The van der Waals surface area contributed by atoms with E-state index in [1.807, 2.05) is 0 Å². The predicted octanol–water partition coefficient (Wildman–Crippen LogP) is 4.96. The van der Waals surface area contributed by atoms with E-state index in [9.17, 15) is 23.7 Å². The van der Waals surface area contributed by atoms with Crippen molar-refractivity contribution in [2.45, 2.75) is 19.8 Å². The molecule has 0 radical (unpaired) electrons. The van der Waals surface area contributed by atoms with Crippen LogP contribution in [0.2, 0.25) is 0 Å². The third-order valence-electron chi connectivity index (χ3n) is 5.70. The summed E-state index contributed by atoms with van der Waals surface area (Å²) in [6, 6.07) is 4.81. The average molecular weight is 536 g/mol. The number of amides is 1. The number of rotatable bonds is 6. The van der Waals surface area contributed by atoms with E-state index in [0.29, 0.717) is 18.6 Å². The Balaban J connectivity index is 1.60. The number of ether oxygens (including phenoxy) is 1. The summed E-state index contributed by atoms with van der Waals surface area (Å²) in [7, 11) is 0. The smallest absolute Gasteiger partial charge is 0.311 e. The molecule has 1 aliphatic rings. The second-order valence-corrected chi connectivity index (χ2v) is 8.86. The lowest BCUT2D eigenvalue weighted by atomic mass is 9.98. The number of halogens is 3. The molecule has 0 bridgehead atoms. The minimum atomic E-state index is -0.857. The third kappa shape index (κ3) is 5.06. The van der Waals surface area contributed by atoms with Crippen LogP contribution in [0.15, 0.2) is 35.1 Å². The quantitative estimate of drug-likeness (QED) is 0.350. The monoisotopic (exact) mass is 535 g/mol. The number of fused-ring (bicyclic) bond motifs is 1. The molecule has 34 heavy (non-hydrogen) atoms. The topological polar surface area (TPSA) is 110 Å². The van der Waals surface area contributed by atoms with Crippen molar-refractivity contribution in [1.29, 1.82) is 0 Å². The molecule has 0 atom stereocenters. The molecule has 1 amide bonds. The molecule has 0 saturated carbocycles. The van der Waals surface area contributed by atoms with Crippen molar-refractivity contribution in [2.75, 3.05) is 25.0 Å². The van der Waals surface area contributed by atoms with Gasteiger partial charge in [0.1, 0.15) is 17.8 Å². The lowest BCUT2D eigenvalue weighted by Gasteiger charge is -2.31. The van der Waals surface area contributed by atoms with Gasteiger partial charge in [0.2, 0.25) is 5.91 Å². The molecule has 1 aromatic heterocycles. The van der Waals surface area contributed by atoms with E-state index in [1.165, 1.54) is 25.4 Å². The molecule has 0 unspecified atom stereocenters. The van der Waals surface area contributed by atoms with Crippen molar-refractivity contribution in [3.63, 3.8) is 0 Å². The van der Waals surface area contributed by atoms with Crippen molar-refractivity contribution >= 4 is 49.9 Å². The van der Waals surface area contributed by atoms with E-state index in [2.05, 4.69) is 31.2 Å². The first-order valence-electron chi connectivity index (χ1n) is 10.5. The van der Waals surface area contributed by atoms with Crippen LogP contribution in [0.3, 0.4) is 0 Å². The molecule has 0 aliphatic carbocycles. The summed E-state index contributed by atoms with van der Waals surface area (Å²) < 4.78 is 34.6. The lowest BCUT2D eigenvalue weighted by molar-refractivity contribution is -0.385. The number of hydrogen-bond donors (Lipinski definition) is 1. The van der Waals surface area contributed by atoms with Crippen molar-refractivity contribution in [3.05, 3.63) is 56.8 Å². The number of benzene rings is 2. The molecule has 12 heteroatoms. The number of nitro groups is 1. The number of likely N-dealkylation sites (tertiary alicyclic amines) is 1. The van der Waals surface area contributed by atoms with Gasteiger partial charge in [-0.25, -0.2) is 18.7 Å². The Labute approximate surface area is 201 Å². The Hall–Kier alpha value is -3.41. The maximum Gasteiger partial charge on any atom is 0.311 e. The molecule has 2 aromatic carbocycles. The maximum atomic E-state index is 14.3. The van der Waals surface area contributed by atoms with Crippen LogP contribution in [0.25, 0.3) is 10.9 Å². The van der Waals surface area contributed by atoms with Crippen LogP contribution in [-0.4, -0.2) is 45.4 Å². The zero-order valence-corrected chi connectivity index (χ0v) is 19.6. The molecule has 1 aliphatic heterocycles. The van der Waals surface area contributed by atoms with E-state index in [1.54, 1.807) is 4.90 Å². The van der Waals surface area contributed by atoms with Crippen LogP contribution in [0, 0.1) is 27.7 Å². The summed E-state index contributed by atoms with van der Waals surface area (Å²) in [6.45, 7) is 3.02. The second-order valence-electron chi connectivity index (χ2n) is 7.95. The fourth-order valence-electron chi connectivity index (χ4n) is 3.83. The molecule has 1 fully saturated rings. The van der Waals surface area contributed by atoms with E-state index in [-0.39, 0.29) is 45.5 Å². The van der Waals surface area contributed by atoms with Gasteiger partial charge in [-0.15, -0.1) is 0 Å². The fraction of sp³-hybridized carbons (Fsp3) is 0.318. The minimum absolute atomic E-state index is 0.0105. The number of carbonyl (C=O) groups is 1. The Morgan fingerprint density at radius 2 is 1.91 bits per heavy atom. The molecule has 1 saturated heterocycles.